The van der Waals surface area contributed by atoms with E-state index in [-0.39, 0.29) is 11.3 Å². The van der Waals surface area contributed by atoms with E-state index in [0.29, 0.717) is 25.6 Å². The summed E-state index contributed by atoms with van der Waals surface area (Å²) in [5.74, 6) is -1.93. The van der Waals surface area contributed by atoms with Crippen LogP contribution in [0.2, 0.25) is 0 Å². The molecule has 0 saturated carbocycles. The number of Topliss-reactive ketones (excluding diaryl/α,β-unsaturated/α-hetero) is 1. The smallest absolute Gasteiger partial charge is 0.182 e. The van der Waals surface area contributed by atoms with E-state index >= 15 is 0 Å². The van der Waals surface area contributed by atoms with E-state index in [9.17, 15) is 18.7 Å². The first-order valence-electron chi connectivity index (χ1n) is 5.90. The minimum Gasteiger partial charge on any atom is -0.392 e. The summed E-state index contributed by atoms with van der Waals surface area (Å²) in [5.41, 5.74) is -0.106. The summed E-state index contributed by atoms with van der Waals surface area (Å²) in [4.78, 5) is 13.9. The van der Waals surface area contributed by atoms with Crippen molar-refractivity contribution in [3.63, 3.8) is 0 Å². The molecule has 1 aliphatic heterocycles. The van der Waals surface area contributed by atoms with Crippen LogP contribution in [-0.2, 0) is 0 Å². The number of β-amino-alcohol motifs (C(OH)–C–C–N with tert-alkyl or cyclic N) is 1. The van der Waals surface area contributed by atoms with E-state index in [1.165, 1.54) is 0 Å². The van der Waals surface area contributed by atoms with Crippen LogP contribution in [0.25, 0.3) is 0 Å². The first-order valence-corrected chi connectivity index (χ1v) is 5.90. The summed E-state index contributed by atoms with van der Waals surface area (Å²) >= 11 is 0. The van der Waals surface area contributed by atoms with Crippen LogP contribution in [0.4, 0.5) is 8.78 Å². The molecule has 18 heavy (non-hydrogen) atoms. The number of carbonyl (C=O) groups is 1. The van der Waals surface area contributed by atoms with Crippen molar-refractivity contribution in [1.82, 2.24) is 4.90 Å². The number of aliphatic hydroxyl groups excluding tert-OH is 1. The summed E-state index contributed by atoms with van der Waals surface area (Å²) in [7, 11) is 0. The van der Waals surface area contributed by atoms with Gasteiger partial charge in [0.15, 0.2) is 5.78 Å². The van der Waals surface area contributed by atoms with Gasteiger partial charge in [-0.2, -0.15) is 0 Å². The number of halogens is 2. The van der Waals surface area contributed by atoms with Gasteiger partial charge in [0.2, 0.25) is 0 Å². The normalized spacial score (nSPS) is 22.1. The molecule has 1 aromatic rings. The third kappa shape index (κ3) is 2.57. The lowest BCUT2D eigenvalue weighted by Crippen LogP contribution is -2.38. The van der Waals surface area contributed by atoms with Crippen LogP contribution in [0.5, 0.6) is 0 Å². The summed E-state index contributed by atoms with van der Waals surface area (Å²) in [6.45, 7) is 2.69. The predicted molar refractivity (Wildman–Crippen MR) is 62.3 cm³/mol. The van der Waals surface area contributed by atoms with Crippen LogP contribution < -0.4 is 0 Å². The van der Waals surface area contributed by atoms with Crippen molar-refractivity contribution in [3.8, 4) is 0 Å². The molecule has 2 rings (SSSR count). The quantitative estimate of drug-likeness (QED) is 0.834. The maximum atomic E-state index is 13.5. The van der Waals surface area contributed by atoms with Gasteiger partial charge < -0.3 is 5.11 Å². The summed E-state index contributed by atoms with van der Waals surface area (Å²) in [5, 5.41) is 9.42. The fourth-order valence-corrected chi connectivity index (χ4v) is 2.20. The van der Waals surface area contributed by atoms with Crippen molar-refractivity contribution < 1.29 is 18.7 Å². The zero-order valence-corrected chi connectivity index (χ0v) is 10.1. The summed E-state index contributed by atoms with van der Waals surface area (Å²) < 4.78 is 26.3. The Kier molecular flexibility index (Phi) is 3.73. The number of ketones is 1. The van der Waals surface area contributed by atoms with Crippen LogP contribution >= 0.6 is 0 Å². The first kappa shape index (κ1) is 13.1. The lowest BCUT2D eigenvalue weighted by molar-refractivity contribution is 0.0843. The number of aliphatic hydroxyl groups is 1. The SMILES string of the molecule is CC(C(=O)c1ccc(F)cc1F)N1CCC(O)C1. The van der Waals surface area contributed by atoms with Crippen LogP contribution in [0.1, 0.15) is 23.7 Å². The van der Waals surface area contributed by atoms with Crippen molar-refractivity contribution in [2.24, 2.45) is 0 Å². The standard InChI is InChI=1S/C13H15F2NO2/c1-8(16-5-4-10(17)7-16)13(18)11-3-2-9(14)6-12(11)15/h2-3,6,8,10,17H,4-5,7H2,1H3. The molecule has 0 aliphatic carbocycles. The van der Waals surface area contributed by atoms with Gasteiger partial charge in [0.1, 0.15) is 11.6 Å². The van der Waals surface area contributed by atoms with E-state index in [1.807, 2.05) is 0 Å². The van der Waals surface area contributed by atoms with Gasteiger partial charge in [-0.1, -0.05) is 0 Å². The minimum absolute atomic E-state index is 0.106. The Morgan fingerprint density at radius 1 is 1.50 bits per heavy atom. The number of rotatable bonds is 3. The Hall–Kier alpha value is -1.33. The molecule has 0 spiro atoms. The highest BCUT2D eigenvalue weighted by Crippen LogP contribution is 2.18. The molecule has 1 aliphatic rings. The molecule has 0 amide bonds. The van der Waals surface area contributed by atoms with Crippen LogP contribution in [0.3, 0.4) is 0 Å². The second kappa shape index (κ2) is 5.12. The average molecular weight is 255 g/mol. The molecule has 1 heterocycles. The summed E-state index contributed by atoms with van der Waals surface area (Å²) in [6, 6.07) is 2.43. The second-order valence-electron chi connectivity index (χ2n) is 4.60. The lowest BCUT2D eigenvalue weighted by atomic mass is 10.0. The Morgan fingerprint density at radius 3 is 2.78 bits per heavy atom. The zero-order valence-electron chi connectivity index (χ0n) is 10.1. The van der Waals surface area contributed by atoms with Gasteiger partial charge in [0, 0.05) is 19.2 Å². The number of hydrogen-bond acceptors (Lipinski definition) is 3. The molecule has 2 atom stereocenters. The molecule has 3 nitrogen and oxygen atoms in total. The van der Waals surface area contributed by atoms with E-state index in [1.54, 1.807) is 11.8 Å². The Morgan fingerprint density at radius 2 is 2.22 bits per heavy atom. The molecule has 5 heteroatoms. The molecule has 0 bridgehead atoms. The van der Waals surface area contributed by atoms with Crippen molar-refractivity contribution in [2.45, 2.75) is 25.5 Å². The highest BCUT2D eigenvalue weighted by Gasteiger charge is 2.30. The topological polar surface area (TPSA) is 40.5 Å². The van der Waals surface area contributed by atoms with E-state index in [4.69, 9.17) is 0 Å². The summed E-state index contributed by atoms with van der Waals surface area (Å²) in [6.07, 6.45) is 0.182. The lowest BCUT2D eigenvalue weighted by Gasteiger charge is -2.22. The van der Waals surface area contributed by atoms with Gasteiger partial charge >= 0.3 is 0 Å². The van der Waals surface area contributed by atoms with Crippen molar-refractivity contribution in [2.75, 3.05) is 13.1 Å². The molecule has 1 fully saturated rings. The van der Waals surface area contributed by atoms with Gasteiger partial charge in [0.05, 0.1) is 17.7 Å². The van der Waals surface area contributed by atoms with Crippen molar-refractivity contribution >= 4 is 5.78 Å². The van der Waals surface area contributed by atoms with E-state index < -0.39 is 23.8 Å². The van der Waals surface area contributed by atoms with Crippen molar-refractivity contribution in [3.05, 3.63) is 35.4 Å². The molecular formula is C13H15F2NO2. The third-order valence-electron chi connectivity index (χ3n) is 3.32. The Balaban J connectivity index is 2.15. The molecule has 2 unspecified atom stereocenters. The van der Waals surface area contributed by atoms with Gasteiger partial charge in [-0.3, -0.25) is 9.69 Å². The number of likely N-dealkylation sites (tertiary alicyclic amines) is 1. The van der Waals surface area contributed by atoms with Gasteiger partial charge in [-0.25, -0.2) is 8.78 Å². The zero-order chi connectivity index (χ0) is 13.3. The number of carbonyl (C=O) groups excluding carboxylic acids is 1. The third-order valence-corrected chi connectivity index (χ3v) is 3.32. The molecule has 0 aromatic heterocycles. The minimum atomic E-state index is -0.841. The highest BCUT2D eigenvalue weighted by molar-refractivity contribution is 6.00. The Bertz CT molecular complexity index is 464. The monoisotopic (exact) mass is 255 g/mol. The molecule has 1 saturated heterocycles. The van der Waals surface area contributed by atoms with Crippen LogP contribution in [0, 0.1) is 11.6 Å². The highest BCUT2D eigenvalue weighted by atomic mass is 19.1. The van der Waals surface area contributed by atoms with Crippen molar-refractivity contribution in [1.29, 1.82) is 0 Å². The van der Waals surface area contributed by atoms with Gasteiger partial charge in [0.25, 0.3) is 0 Å². The fraction of sp³-hybridized carbons (Fsp3) is 0.462. The van der Waals surface area contributed by atoms with E-state index in [0.717, 1.165) is 12.1 Å². The number of nitrogens with zero attached hydrogens (tertiary/aromatic N) is 1. The number of hydrogen-bond donors (Lipinski definition) is 1. The predicted octanol–water partition coefficient (Wildman–Crippen LogP) is 1.60. The molecular weight excluding hydrogens is 240 g/mol. The molecule has 0 radical (unpaired) electrons. The van der Waals surface area contributed by atoms with Gasteiger partial charge in [-0.05, 0) is 25.5 Å². The maximum absolute atomic E-state index is 13.5. The van der Waals surface area contributed by atoms with E-state index in [2.05, 4.69) is 0 Å². The maximum Gasteiger partial charge on any atom is 0.182 e. The first-order chi connectivity index (χ1) is 8.49. The second-order valence-corrected chi connectivity index (χ2v) is 4.60. The average Bonchev–Trinajstić information content (AvgIpc) is 2.74. The van der Waals surface area contributed by atoms with Crippen LogP contribution in [0.15, 0.2) is 18.2 Å². The fourth-order valence-electron chi connectivity index (χ4n) is 2.20. The Labute approximate surface area is 104 Å². The van der Waals surface area contributed by atoms with Gasteiger partial charge in [-0.15, -0.1) is 0 Å². The number of benzene rings is 1. The molecule has 98 valence electrons. The van der Waals surface area contributed by atoms with Crippen LogP contribution in [-0.4, -0.2) is 41.0 Å². The molecule has 1 aromatic carbocycles. The molecule has 1 N–H and O–H groups in total. The largest absolute Gasteiger partial charge is 0.392 e.